The first-order valence-corrected chi connectivity index (χ1v) is 10.3. The van der Waals surface area contributed by atoms with Crippen molar-refractivity contribution in [2.24, 2.45) is 0 Å². The third-order valence-electron chi connectivity index (χ3n) is 5.62. The number of anilines is 2. The van der Waals surface area contributed by atoms with E-state index in [9.17, 15) is 14.7 Å². The molecular formula is C22H21ClN6O4. The number of amides is 1. The van der Waals surface area contributed by atoms with Crippen molar-refractivity contribution in [2.75, 3.05) is 17.7 Å². The quantitative estimate of drug-likeness (QED) is 0.382. The number of ether oxygens (including phenoxy) is 1. The monoisotopic (exact) mass is 468 g/mol. The predicted octanol–water partition coefficient (Wildman–Crippen LogP) is 3.15. The van der Waals surface area contributed by atoms with E-state index in [1.165, 1.54) is 11.1 Å². The Kier molecular flexibility index (Phi) is 5.54. The first kappa shape index (κ1) is 22.3. The molecule has 0 fully saturated rings. The molecule has 1 aliphatic rings. The van der Waals surface area contributed by atoms with Crippen LogP contribution in [0.4, 0.5) is 11.8 Å². The number of pyridine rings is 1. The molecule has 3 aromatic heterocycles. The van der Waals surface area contributed by atoms with Gasteiger partial charge in [-0.05, 0) is 32.4 Å². The number of methoxy groups -OCH3 is 1. The van der Waals surface area contributed by atoms with Crippen molar-refractivity contribution in [3.05, 3.63) is 56.8 Å². The molecule has 1 aliphatic heterocycles. The SMILES string of the molecule is COc1c(C)cnc(CN2C(=O)/C(=C/c3[nH]cc(C(=O)O)c3C)c3c(Cl)nc(N)nc32)c1C. The molecule has 3 aromatic rings. The molecule has 11 heteroatoms. The standard InChI is InChI=1S/C22H21ClN6O4/c1-9-6-25-15(11(3)17(9)33-4)8-29-19-16(18(23)27-22(24)28-19)12(20(29)30)5-14-10(2)13(7-26-14)21(31)32/h5-7,26H,8H2,1-4H3,(H,31,32)(H2,24,27,28)/b12-5+. The Morgan fingerprint density at radius 2 is 2.03 bits per heavy atom. The number of hydrogen-bond acceptors (Lipinski definition) is 7. The number of aromatic carboxylic acids is 1. The van der Waals surface area contributed by atoms with Crippen LogP contribution in [-0.2, 0) is 11.3 Å². The number of carboxylic acids is 1. The fraction of sp³-hybridized carbons (Fsp3) is 0.227. The molecule has 4 rings (SSSR count). The first-order valence-electron chi connectivity index (χ1n) is 9.91. The number of rotatable bonds is 5. The van der Waals surface area contributed by atoms with Crippen LogP contribution in [-0.4, -0.2) is 44.0 Å². The number of fused-ring (bicyclic) bond motifs is 1. The lowest BCUT2D eigenvalue weighted by Gasteiger charge is -2.19. The smallest absolute Gasteiger partial charge is 0.337 e. The van der Waals surface area contributed by atoms with Gasteiger partial charge in [0.05, 0.1) is 36.0 Å². The second-order valence-corrected chi connectivity index (χ2v) is 7.97. The largest absolute Gasteiger partial charge is 0.496 e. The van der Waals surface area contributed by atoms with Crippen molar-refractivity contribution >= 4 is 46.9 Å². The van der Waals surface area contributed by atoms with Crippen LogP contribution in [0.3, 0.4) is 0 Å². The summed E-state index contributed by atoms with van der Waals surface area (Å²) in [6, 6.07) is 0. The fourth-order valence-corrected chi connectivity index (χ4v) is 4.18. The normalized spacial score (nSPS) is 14.2. The minimum absolute atomic E-state index is 0.0217. The van der Waals surface area contributed by atoms with Crippen molar-refractivity contribution in [3.8, 4) is 5.75 Å². The molecule has 0 saturated carbocycles. The fourth-order valence-electron chi connectivity index (χ4n) is 3.90. The van der Waals surface area contributed by atoms with Gasteiger partial charge in [0, 0.05) is 29.2 Å². The number of hydrogen-bond donors (Lipinski definition) is 3. The van der Waals surface area contributed by atoms with E-state index in [0.29, 0.717) is 28.3 Å². The maximum Gasteiger partial charge on any atom is 0.337 e. The Morgan fingerprint density at radius 3 is 2.67 bits per heavy atom. The average molecular weight is 469 g/mol. The highest BCUT2D eigenvalue weighted by Gasteiger charge is 2.37. The van der Waals surface area contributed by atoms with Gasteiger partial charge in [-0.1, -0.05) is 11.6 Å². The van der Waals surface area contributed by atoms with Crippen molar-refractivity contribution < 1.29 is 19.4 Å². The topological polar surface area (TPSA) is 147 Å². The zero-order valence-electron chi connectivity index (χ0n) is 18.4. The van der Waals surface area contributed by atoms with Gasteiger partial charge in [0.25, 0.3) is 5.91 Å². The molecule has 0 bridgehead atoms. The van der Waals surface area contributed by atoms with Gasteiger partial charge in [-0.3, -0.25) is 14.7 Å². The van der Waals surface area contributed by atoms with Crippen molar-refractivity contribution in [1.29, 1.82) is 0 Å². The second-order valence-electron chi connectivity index (χ2n) is 7.61. The van der Waals surface area contributed by atoms with Gasteiger partial charge < -0.3 is 20.6 Å². The van der Waals surface area contributed by atoms with E-state index >= 15 is 0 Å². The van der Waals surface area contributed by atoms with Crippen molar-refractivity contribution in [3.63, 3.8) is 0 Å². The molecule has 0 atom stereocenters. The molecule has 10 nitrogen and oxygen atoms in total. The van der Waals surface area contributed by atoms with Crippen molar-refractivity contribution in [2.45, 2.75) is 27.3 Å². The molecule has 4 heterocycles. The summed E-state index contributed by atoms with van der Waals surface area (Å²) < 4.78 is 5.48. The summed E-state index contributed by atoms with van der Waals surface area (Å²) in [7, 11) is 1.58. The Bertz CT molecular complexity index is 1350. The van der Waals surface area contributed by atoms with Crippen LogP contribution < -0.4 is 15.4 Å². The lowest BCUT2D eigenvalue weighted by atomic mass is 10.1. The summed E-state index contributed by atoms with van der Waals surface area (Å²) in [5.41, 5.74) is 9.69. The van der Waals surface area contributed by atoms with Crippen LogP contribution >= 0.6 is 11.6 Å². The summed E-state index contributed by atoms with van der Waals surface area (Å²) in [5.74, 6) is -0.595. The Balaban J connectivity index is 1.84. The molecule has 0 spiro atoms. The number of nitrogens with two attached hydrogens (primary N) is 1. The van der Waals surface area contributed by atoms with E-state index in [1.54, 1.807) is 26.3 Å². The molecule has 0 saturated heterocycles. The number of carbonyl (C=O) groups is 2. The van der Waals surface area contributed by atoms with Crippen LogP contribution in [0.25, 0.3) is 11.6 Å². The van der Waals surface area contributed by atoms with E-state index in [-0.39, 0.29) is 34.6 Å². The van der Waals surface area contributed by atoms with E-state index in [2.05, 4.69) is 19.9 Å². The van der Waals surface area contributed by atoms with Gasteiger partial charge in [0.1, 0.15) is 10.9 Å². The van der Waals surface area contributed by atoms with Crippen LogP contribution in [0.1, 0.15) is 44.0 Å². The maximum atomic E-state index is 13.5. The van der Waals surface area contributed by atoms with Gasteiger partial charge >= 0.3 is 5.97 Å². The maximum absolute atomic E-state index is 13.5. The molecular weight excluding hydrogens is 448 g/mol. The van der Waals surface area contributed by atoms with E-state index < -0.39 is 11.9 Å². The van der Waals surface area contributed by atoms with Crippen LogP contribution in [0.2, 0.25) is 5.15 Å². The summed E-state index contributed by atoms with van der Waals surface area (Å²) in [5, 5.41) is 9.35. The number of H-pyrrole nitrogens is 1. The summed E-state index contributed by atoms with van der Waals surface area (Å²) in [4.78, 5) is 42.0. The molecule has 0 unspecified atom stereocenters. The highest BCUT2D eigenvalue weighted by atomic mass is 35.5. The van der Waals surface area contributed by atoms with Crippen LogP contribution in [0.15, 0.2) is 12.4 Å². The summed E-state index contributed by atoms with van der Waals surface area (Å²) in [6.45, 7) is 5.50. The zero-order valence-corrected chi connectivity index (χ0v) is 19.1. The molecule has 33 heavy (non-hydrogen) atoms. The third-order valence-corrected chi connectivity index (χ3v) is 5.89. The van der Waals surface area contributed by atoms with E-state index in [4.69, 9.17) is 22.1 Å². The number of aromatic amines is 1. The molecule has 0 radical (unpaired) electrons. The van der Waals surface area contributed by atoms with Crippen molar-refractivity contribution in [1.82, 2.24) is 19.9 Å². The van der Waals surface area contributed by atoms with Gasteiger partial charge in [-0.25, -0.2) is 9.78 Å². The number of aryl methyl sites for hydroxylation is 1. The molecule has 0 aromatic carbocycles. The number of carbonyl (C=O) groups excluding carboxylic acids is 1. The zero-order chi connectivity index (χ0) is 24.0. The second kappa shape index (κ2) is 8.21. The molecule has 0 aliphatic carbocycles. The number of nitrogen functional groups attached to an aromatic ring is 1. The highest BCUT2D eigenvalue weighted by molar-refractivity contribution is 6.41. The van der Waals surface area contributed by atoms with Gasteiger partial charge in [-0.2, -0.15) is 4.98 Å². The van der Waals surface area contributed by atoms with E-state index in [1.807, 2.05) is 13.8 Å². The number of carboxylic acid groups (broad SMARTS) is 1. The predicted molar refractivity (Wildman–Crippen MR) is 123 cm³/mol. The minimum Gasteiger partial charge on any atom is -0.496 e. The van der Waals surface area contributed by atoms with Gasteiger partial charge in [0.2, 0.25) is 5.95 Å². The summed E-state index contributed by atoms with van der Waals surface area (Å²) >= 11 is 6.37. The van der Waals surface area contributed by atoms with E-state index in [0.717, 1.165) is 11.1 Å². The Labute approximate surface area is 194 Å². The number of nitrogens with one attached hydrogen (secondary N) is 1. The third kappa shape index (κ3) is 3.68. The highest BCUT2D eigenvalue weighted by Crippen LogP contribution is 2.42. The number of nitrogens with zero attached hydrogens (tertiary/aromatic N) is 4. The Hall–Kier alpha value is -3.92. The first-order chi connectivity index (χ1) is 15.6. The molecule has 4 N–H and O–H groups in total. The lowest BCUT2D eigenvalue weighted by Crippen LogP contribution is -2.27. The van der Waals surface area contributed by atoms with Crippen LogP contribution in [0.5, 0.6) is 5.75 Å². The van der Waals surface area contributed by atoms with Gasteiger partial charge in [-0.15, -0.1) is 0 Å². The van der Waals surface area contributed by atoms with Gasteiger partial charge in [0.15, 0.2) is 5.82 Å². The average Bonchev–Trinajstić information content (AvgIpc) is 3.23. The number of halogens is 1. The molecule has 170 valence electrons. The minimum atomic E-state index is -1.07. The number of aromatic nitrogens is 4. The van der Waals surface area contributed by atoms with Crippen LogP contribution in [0, 0.1) is 20.8 Å². The molecule has 1 amide bonds. The summed E-state index contributed by atoms with van der Waals surface area (Å²) in [6.07, 6.45) is 4.59. The Morgan fingerprint density at radius 1 is 1.30 bits per heavy atom. The lowest BCUT2D eigenvalue weighted by molar-refractivity contribution is -0.113.